The van der Waals surface area contributed by atoms with Gasteiger partial charge in [0, 0.05) is 23.1 Å². The first-order valence-corrected chi connectivity index (χ1v) is 10.4. The van der Waals surface area contributed by atoms with Gasteiger partial charge in [0.15, 0.2) is 22.9 Å². The largest absolute Gasteiger partial charge is 0.493 e. The van der Waals surface area contributed by atoms with E-state index in [1.165, 1.54) is 14.0 Å². The molecule has 3 rings (SSSR count). The van der Waals surface area contributed by atoms with E-state index in [0.29, 0.717) is 0 Å². The number of aromatic amines is 1. The summed E-state index contributed by atoms with van der Waals surface area (Å²) < 4.78 is 90.3. The first-order valence-electron chi connectivity index (χ1n) is 10.4. The molecule has 3 atom stereocenters. The van der Waals surface area contributed by atoms with Crippen LogP contribution in [0.2, 0.25) is 0 Å². The lowest BCUT2D eigenvalue weighted by Gasteiger charge is -2.44. The van der Waals surface area contributed by atoms with Crippen molar-refractivity contribution in [3.05, 3.63) is 56.5 Å². The number of rotatable bonds is 5. The van der Waals surface area contributed by atoms with Crippen molar-refractivity contribution in [1.29, 1.82) is 0 Å². The number of benzene rings is 1. The van der Waals surface area contributed by atoms with E-state index in [4.69, 9.17) is 18.9 Å². The van der Waals surface area contributed by atoms with Crippen molar-refractivity contribution in [1.82, 2.24) is 4.98 Å². The van der Waals surface area contributed by atoms with E-state index in [0.717, 1.165) is 33.3 Å². The molecule has 1 aliphatic heterocycles. The van der Waals surface area contributed by atoms with Crippen LogP contribution < -0.4 is 14.9 Å². The highest BCUT2D eigenvalue weighted by Crippen LogP contribution is 2.52. The molecule has 1 aromatic carbocycles. The lowest BCUT2D eigenvalue weighted by Crippen LogP contribution is -2.51. The van der Waals surface area contributed by atoms with Gasteiger partial charge in [0.2, 0.25) is 11.2 Å². The summed E-state index contributed by atoms with van der Waals surface area (Å²) >= 11 is 0. The quantitative estimate of drug-likeness (QED) is 0.480. The summed E-state index contributed by atoms with van der Waals surface area (Å²) in [5.74, 6) is -6.78. The number of hydrogen-bond acceptors (Lipinski definition) is 6. The Morgan fingerprint density at radius 2 is 1.74 bits per heavy atom. The Labute approximate surface area is 197 Å². The third kappa shape index (κ3) is 4.46. The number of H-pyrrole nitrogens is 1. The summed E-state index contributed by atoms with van der Waals surface area (Å²) in [5.41, 5.74) is -3.96. The standard InChI is InChI=1S/C23H24F5NO6/c1-10-19(32-3)18(30)15(21(31)34-5)17(29-10)13-9-35-22(2,23(26,27)28)8-12(13)11-6-7-14(24)16(25)20(11)33-4/h6-7,12-13H,8-9H2,1-5H3,(H,29,30)/t12-,13+,22+/m0/s1. The van der Waals surface area contributed by atoms with Crippen molar-refractivity contribution in [3.63, 3.8) is 0 Å². The van der Waals surface area contributed by atoms with Crippen LogP contribution in [0.5, 0.6) is 11.5 Å². The Bertz CT molecular complexity index is 1190. The molecule has 0 amide bonds. The Morgan fingerprint density at radius 1 is 1.11 bits per heavy atom. The lowest BCUT2D eigenvalue weighted by molar-refractivity contribution is -0.286. The second-order valence-electron chi connectivity index (χ2n) is 8.33. The number of methoxy groups -OCH3 is 3. The average molecular weight is 505 g/mol. The number of ether oxygens (including phenoxy) is 4. The minimum absolute atomic E-state index is 0.0823. The molecule has 1 saturated heterocycles. The normalized spacial score (nSPS) is 22.6. The maximum atomic E-state index is 14.6. The van der Waals surface area contributed by atoms with Gasteiger partial charge in [0.05, 0.1) is 33.6 Å². The zero-order chi connectivity index (χ0) is 26.3. The molecule has 0 bridgehead atoms. The van der Waals surface area contributed by atoms with Gasteiger partial charge in [-0.15, -0.1) is 0 Å². The summed E-state index contributed by atoms with van der Waals surface area (Å²) in [6, 6.07) is 1.89. The van der Waals surface area contributed by atoms with Crippen LogP contribution in [0.15, 0.2) is 16.9 Å². The third-order valence-corrected chi connectivity index (χ3v) is 6.29. The summed E-state index contributed by atoms with van der Waals surface area (Å²) in [7, 11) is 3.30. The summed E-state index contributed by atoms with van der Waals surface area (Å²) in [4.78, 5) is 28.5. The van der Waals surface area contributed by atoms with E-state index < -0.39 is 71.0 Å². The van der Waals surface area contributed by atoms with E-state index in [2.05, 4.69) is 4.98 Å². The van der Waals surface area contributed by atoms with Gasteiger partial charge in [0.25, 0.3) is 0 Å². The SMILES string of the molecule is COC(=O)c1c([C@@H]2CO[C@@](C)(C(F)(F)F)C[C@H]2c2ccc(F)c(F)c2OC)[nH]c(C)c(OC)c1=O. The smallest absolute Gasteiger partial charge is 0.417 e. The van der Waals surface area contributed by atoms with Crippen molar-refractivity contribution >= 4 is 5.97 Å². The van der Waals surface area contributed by atoms with Gasteiger partial charge in [-0.05, 0) is 26.3 Å². The molecule has 7 nitrogen and oxygen atoms in total. The number of alkyl halides is 3. The molecule has 192 valence electrons. The highest BCUT2D eigenvalue weighted by atomic mass is 19.4. The molecule has 12 heteroatoms. The topological polar surface area (TPSA) is 86.8 Å². The number of pyridine rings is 1. The van der Waals surface area contributed by atoms with Gasteiger partial charge in [0.1, 0.15) is 5.56 Å². The Balaban J connectivity index is 2.32. The number of aryl methyl sites for hydroxylation is 1. The van der Waals surface area contributed by atoms with Crippen molar-refractivity contribution in [2.45, 2.75) is 43.9 Å². The minimum atomic E-state index is -4.81. The summed E-state index contributed by atoms with van der Waals surface area (Å²) in [5, 5.41) is 0. The molecule has 35 heavy (non-hydrogen) atoms. The molecule has 0 unspecified atom stereocenters. The van der Waals surface area contributed by atoms with Crippen molar-refractivity contribution in [2.75, 3.05) is 27.9 Å². The number of carbonyl (C=O) groups excluding carboxylic acids is 1. The van der Waals surface area contributed by atoms with Crippen molar-refractivity contribution in [3.8, 4) is 11.5 Å². The van der Waals surface area contributed by atoms with Gasteiger partial charge in [-0.3, -0.25) is 4.79 Å². The van der Waals surface area contributed by atoms with E-state index in [-0.39, 0.29) is 22.7 Å². The number of hydrogen-bond donors (Lipinski definition) is 1. The molecule has 2 heterocycles. The molecule has 1 fully saturated rings. The molecule has 1 aliphatic rings. The lowest BCUT2D eigenvalue weighted by atomic mass is 9.73. The minimum Gasteiger partial charge on any atom is -0.493 e. The summed E-state index contributed by atoms with van der Waals surface area (Å²) in [6.07, 6.45) is -5.55. The van der Waals surface area contributed by atoms with E-state index in [1.807, 2.05) is 0 Å². The molecule has 1 N–H and O–H groups in total. The number of carbonyl (C=O) groups is 1. The molecule has 0 radical (unpaired) electrons. The number of aromatic nitrogens is 1. The highest BCUT2D eigenvalue weighted by molar-refractivity contribution is 5.91. The molecule has 0 spiro atoms. The molecule has 0 saturated carbocycles. The third-order valence-electron chi connectivity index (χ3n) is 6.29. The predicted molar refractivity (Wildman–Crippen MR) is 113 cm³/mol. The fourth-order valence-electron chi connectivity index (χ4n) is 4.42. The first-order chi connectivity index (χ1) is 16.3. The fourth-order valence-corrected chi connectivity index (χ4v) is 4.42. The van der Waals surface area contributed by atoms with Crippen LogP contribution in [0.3, 0.4) is 0 Å². The van der Waals surface area contributed by atoms with E-state index >= 15 is 0 Å². The monoisotopic (exact) mass is 505 g/mol. The zero-order valence-electron chi connectivity index (χ0n) is 19.6. The Morgan fingerprint density at radius 3 is 2.29 bits per heavy atom. The maximum absolute atomic E-state index is 14.6. The van der Waals surface area contributed by atoms with Gasteiger partial charge in [-0.1, -0.05) is 6.07 Å². The maximum Gasteiger partial charge on any atom is 0.417 e. The van der Waals surface area contributed by atoms with E-state index in [9.17, 15) is 31.5 Å². The molecule has 0 aliphatic carbocycles. The molecular formula is C23H24F5NO6. The Kier molecular flexibility index (Phi) is 7.16. The number of halogens is 5. The predicted octanol–water partition coefficient (Wildman–Crippen LogP) is 4.37. The van der Waals surface area contributed by atoms with Crippen LogP contribution in [0.1, 0.15) is 52.5 Å². The Hall–Kier alpha value is -3.15. The van der Waals surface area contributed by atoms with Gasteiger partial charge >= 0.3 is 12.1 Å². The average Bonchev–Trinajstić information content (AvgIpc) is 2.79. The van der Waals surface area contributed by atoms with Gasteiger partial charge in [-0.2, -0.15) is 17.6 Å². The van der Waals surface area contributed by atoms with Crippen LogP contribution in [0.4, 0.5) is 22.0 Å². The first kappa shape index (κ1) is 26.5. The van der Waals surface area contributed by atoms with Gasteiger partial charge < -0.3 is 23.9 Å². The van der Waals surface area contributed by atoms with Crippen LogP contribution in [-0.4, -0.2) is 50.7 Å². The highest BCUT2D eigenvalue weighted by Gasteiger charge is 2.57. The number of nitrogens with one attached hydrogen (secondary N) is 1. The second kappa shape index (κ2) is 9.48. The number of esters is 1. The molecule has 1 aromatic heterocycles. The fraction of sp³-hybridized carbons (Fsp3) is 0.478. The zero-order valence-corrected chi connectivity index (χ0v) is 19.6. The molecular weight excluding hydrogens is 481 g/mol. The van der Waals surface area contributed by atoms with Gasteiger partial charge in [-0.25, -0.2) is 9.18 Å². The van der Waals surface area contributed by atoms with E-state index in [1.54, 1.807) is 0 Å². The van der Waals surface area contributed by atoms with Crippen molar-refractivity contribution < 1.29 is 45.7 Å². The van der Waals surface area contributed by atoms with Crippen LogP contribution >= 0.6 is 0 Å². The van der Waals surface area contributed by atoms with Crippen molar-refractivity contribution in [2.24, 2.45) is 0 Å². The molecule has 2 aromatic rings. The van der Waals surface area contributed by atoms with Crippen LogP contribution in [0.25, 0.3) is 0 Å². The summed E-state index contributed by atoms with van der Waals surface area (Å²) in [6.45, 7) is 1.70. The van der Waals surface area contributed by atoms with Crippen LogP contribution in [-0.2, 0) is 9.47 Å². The second-order valence-corrected chi connectivity index (χ2v) is 8.33. The van der Waals surface area contributed by atoms with Crippen LogP contribution in [0, 0.1) is 18.6 Å².